The van der Waals surface area contributed by atoms with E-state index in [9.17, 15) is 20.3 Å². The van der Waals surface area contributed by atoms with E-state index in [1.165, 1.54) is 35.4 Å². The molecule has 24 heavy (non-hydrogen) atoms. The monoisotopic (exact) mass is 328 g/mol. The number of benzene rings is 2. The molecule has 0 aliphatic heterocycles. The number of nitrogens with zero attached hydrogens (tertiary/aromatic N) is 1. The summed E-state index contributed by atoms with van der Waals surface area (Å²) in [5.41, 5.74) is 3.10. The quantitative estimate of drug-likeness (QED) is 0.554. The smallest absolute Gasteiger partial charge is 0.269 e. The zero-order valence-corrected chi connectivity index (χ0v) is 13.1. The summed E-state index contributed by atoms with van der Waals surface area (Å²) in [5, 5.41) is 34.2. The summed E-state index contributed by atoms with van der Waals surface area (Å²) < 4.78 is 0. The first-order valence-electron chi connectivity index (χ1n) is 7.94. The first-order valence-corrected chi connectivity index (χ1v) is 7.94. The van der Waals surface area contributed by atoms with Crippen molar-refractivity contribution in [3.8, 4) is 0 Å². The maximum Gasteiger partial charge on any atom is 0.269 e. The van der Waals surface area contributed by atoms with Gasteiger partial charge in [-0.3, -0.25) is 10.1 Å². The third-order valence-electron chi connectivity index (χ3n) is 4.52. The summed E-state index contributed by atoms with van der Waals surface area (Å²) in [6, 6.07) is 13.6. The molecule has 2 aromatic carbocycles. The molecule has 3 N–H and O–H groups in total. The molecule has 0 heterocycles. The second-order valence-electron chi connectivity index (χ2n) is 6.12. The lowest BCUT2D eigenvalue weighted by atomic mass is 10.0. The third-order valence-corrected chi connectivity index (χ3v) is 4.52. The molecule has 1 aliphatic carbocycles. The van der Waals surface area contributed by atoms with Crippen LogP contribution in [-0.4, -0.2) is 33.8 Å². The highest BCUT2D eigenvalue weighted by Crippen LogP contribution is 2.25. The second kappa shape index (κ2) is 7.09. The molecule has 0 amide bonds. The average Bonchev–Trinajstić information content (AvgIpc) is 3.01. The molecule has 6 nitrogen and oxygen atoms in total. The van der Waals surface area contributed by atoms with Crippen molar-refractivity contribution in [2.75, 3.05) is 6.61 Å². The van der Waals surface area contributed by atoms with Crippen LogP contribution in [0.4, 0.5) is 5.69 Å². The summed E-state index contributed by atoms with van der Waals surface area (Å²) in [6.07, 6.45) is 0.791. The lowest BCUT2D eigenvalue weighted by Gasteiger charge is -2.26. The lowest BCUT2D eigenvalue weighted by molar-refractivity contribution is -0.384. The number of nitro groups is 1. The van der Waals surface area contributed by atoms with Crippen LogP contribution in [0.1, 0.15) is 22.8 Å². The highest BCUT2D eigenvalue weighted by molar-refractivity contribution is 5.35. The minimum atomic E-state index is -0.931. The first-order chi connectivity index (χ1) is 11.6. The number of aliphatic hydroxyl groups is 2. The zero-order valence-electron chi connectivity index (χ0n) is 13.1. The topological polar surface area (TPSA) is 95.6 Å². The molecule has 3 rings (SSSR count). The molecular formula is C18H20N2O4. The first kappa shape index (κ1) is 16.6. The Labute approximate surface area is 139 Å². The summed E-state index contributed by atoms with van der Waals surface area (Å²) in [7, 11) is 0. The van der Waals surface area contributed by atoms with E-state index in [4.69, 9.17) is 0 Å². The molecule has 0 aromatic heterocycles. The van der Waals surface area contributed by atoms with Gasteiger partial charge in [-0.1, -0.05) is 24.3 Å². The molecular weight excluding hydrogens is 308 g/mol. The normalized spacial score (nSPS) is 16.6. The Hall–Kier alpha value is -2.28. The summed E-state index contributed by atoms with van der Waals surface area (Å²) >= 11 is 0. The number of rotatable bonds is 6. The number of hydrogen-bond donors (Lipinski definition) is 3. The van der Waals surface area contributed by atoms with Crippen LogP contribution in [0, 0.1) is 10.1 Å². The van der Waals surface area contributed by atoms with E-state index in [0.717, 1.165) is 12.8 Å². The molecule has 2 atom stereocenters. The van der Waals surface area contributed by atoms with Crippen molar-refractivity contribution in [3.63, 3.8) is 0 Å². The minimum Gasteiger partial charge on any atom is -0.395 e. The van der Waals surface area contributed by atoms with Crippen molar-refractivity contribution in [3.05, 3.63) is 75.3 Å². The lowest BCUT2D eigenvalue weighted by Crippen LogP contribution is -2.44. The summed E-state index contributed by atoms with van der Waals surface area (Å²) in [6.45, 7) is -0.217. The van der Waals surface area contributed by atoms with Crippen molar-refractivity contribution >= 4 is 5.69 Å². The fourth-order valence-corrected chi connectivity index (χ4v) is 3.25. The number of fused-ring (bicyclic) bond motifs is 1. The van der Waals surface area contributed by atoms with Gasteiger partial charge in [0, 0.05) is 18.2 Å². The van der Waals surface area contributed by atoms with Crippen molar-refractivity contribution in [1.29, 1.82) is 0 Å². The van der Waals surface area contributed by atoms with E-state index in [1.807, 2.05) is 12.1 Å². The highest BCUT2D eigenvalue weighted by atomic mass is 16.6. The zero-order chi connectivity index (χ0) is 17.1. The summed E-state index contributed by atoms with van der Waals surface area (Å²) in [5.74, 6) is 0. The van der Waals surface area contributed by atoms with Crippen LogP contribution >= 0.6 is 0 Å². The van der Waals surface area contributed by atoms with Crippen LogP contribution < -0.4 is 5.32 Å². The van der Waals surface area contributed by atoms with Crippen molar-refractivity contribution < 1.29 is 15.1 Å². The van der Waals surface area contributed by atoms with Gasteiger partial charge in [0.2, 0.25) is 0 Å². The van der Waals surface area contributed by atoms with Gasteiger partial charge in [-0.05, 0) is 41.7 Å². The summed E-state index contributed by atoms with van der Waals surface area (Å²) in [4.78, 5) is 10.2. The van der Waals surface area contributed by atoms with Crippen LogP contribution in [0.15, 0.2) is 48.5 Å². The average molecular weight is 328 g/mol. The van der Waals surface area contributed by atoms with Gasteiger partial charge in [0.25, 0.3) is 5.69 Å². The van der Waals surface area contributed by atoms with Crippen molar-refractivity contribution in [2.24, 2.45) is 0 Å². The van der Waals surface area contributed by atoms with E-state index >= 15 is 0 Å². The van der Waals surface area contributed by atoms with E-state index in [2.05, 4.69) is 17.4 Å². The maximum absolute atomic E-state index is 10.7. The molecule has 0 radical (unpaired) electrons. The largest absolute Gasteiger partial charge is 0.395 e. The van der Waals surface area contributed by atoms with Gasteiger partial charge in [0.1, 0.15) is 0 Å². The fraction of sp³-hybridized carbons (Fsp3) is 0.333. The molecule has 0 bridgehead atoms. The number of nitrogens with one attached hydrogen (secondary N) is 1. The van der Waals surface area contributed by atoms with Crippen LogP contribution in [0.5, 0.6) is 0 Å². The predicted molar refractivity (Wildman–Crippen MR) is 89.7 cm³/mol. The Morgan fingerprint density at radius 1 is 1.12 bits per heavy atom. The Morgan fingerprint density at radius 2 is 1.71 bits per heavy atom. The molecule has 2 unspecified atom stereocenters. The molecule has 0 saturated carbocycles. The Kier molecular flexibility index (Phi) is 4.89. The predicted octanol–water partition coefficient (Wildman–Crippen LogP) is 1.75. The van der Waals surface area contributed by atoms with Gasteiger partial charge < -0.3 is 15.5 Å². The van der Waals surface area contributed by atoms with E-state index in [-0.39, 0.29) is 18.3 Å². The molecule has 0 fully saturated rings. The molecule has 126 valence electrons. The third kappa shape index (κ3) is 3.46. The van der Waals surface area contributed by atoms with Crippen LogP contribution in [-0.2, 0) is 12.8 Å². The van der Waals surface area contributed by atoms with Crippen molar-refractivity contribution in [2.45, 2.75) is 31.0 Å². The standard InChI is InChI=1S/C18H20N2O4/c21-11-17(18(22)12-5-7-16(8-6-12)20(23)24)19-15-9-13-3-1-2-4-14(13)10-15/h1-8,15,17-19,21-22H,9-11H2. The molecule has 6 heteroatoms. The minimum absolute atomic E-state index is 0.0225. The molecule has 0 saturated heterocycles. The van der Waals surface area contributed by atoms with Gasteiger partial charge >= 0.3 is 0 Å². The van der Waals surface area contributed by atoms with E-state index < -0.39 is 17.1 Å². The second-order valence-corrected chi connectivity index (χ2v) is 6.12. The SMILES string of the molecule is O=[N+]([O-])c1ccc(C(O)C(CO)NC2Cc3ccccc3C2)cc1. The van der Waals surface area contributed by atoms with Crippen LogP contribution in [0.2, 0.25) is 0 Å². The number of hydrogen-bond acceptors (Lipinski definition) is 5. The van der Waals surface area contributed by atoms with Gasteiger partial charge in [-0.25, -0.2) is 0 Å². The Bertz CT molecular complexity index is 692. The van der Waals surface area contributed by atoms with Gasteiger partial charge in [0.15, 0.2) is 0 Å². The molecule has 2 aromatic rings. The van der Waals surface area contributed by atoms with Gasteiger partial charge in [0.05, 0.1) is 23.7 Å². The van der Waals surface area contributed by atoms with Crippen LogP contribution in [0.25, 0.3) is 0 Å². The van der Waals surface area contributed by atoms with Crippen molar-refractivity contribution in [1.82, 2.24) is 5.32 Å². The number of aliphatic hydroxyl groups excluding tert-OH is 2. The van der Waals surface area contributed by atoms with Gasteiger partial charge in [-0.2, -0.15) is 0 Å². The Balaban J connectivity index is 1.67. The Morgan fingerprint density at radius 3 is 2.21 bits per heavy atom. The van der Waals surface area contributed by atoms with Crippen LogP contribution in [0.3, 0.4) is 0 Å². The molecule has 0 spiro atoms. The van der Waals surface area contributed by atoms with E-state index in [0.29, 0.717) is 5.56 Å². The van der Waals surface area contributed by atoms with E-state index in [1.54, 1.807) is 0 Å². The number of nitro benzene ring substituents is 1. The van der Waals surface area contributed by atoms with Gasteiger partial charge in [-0.15, -0.1) is 0 Å². The fourth-order valence-electron chi connectivity index (χ4n) is 3.25. The molecule has 1 aliphatic rings. The number of non-ortho nitro benzene ring substituents is 1. The maximum atomic E-state index is 10.7. The highest BCUT2D eigenvalue weighted by Gasteiger charge is 2.27.